The maximum Gasteiger partial charge on any atom is 0.309 e. The van der Waals surface area contributed by atoms with Crippen molar-refractivity contribution < 1.29 is 24.5 Å². The SMILES string of the molecule is CC([C@@H]1C[C@@H](C)C=C2C=C[C@H](C)[C@H](CC[C@@H]3C[C@@H](O)CC(=O)O3)[C@@H]21)C(C)(C)C(=O)O. The fourth-order valence-corrected chi connectivity index (χ4v) is 5.90. The molecule has 0 spiro atoms. The van der Waals surface area contributed by atoms with Crippen LogP contribution in [0.15, 0.2) is 23.8 Å². The fraction of sp³-hybridized carbons (Fsp3) is 0.760. The highest BCUT2D eigenvalue weighted by Crippen LogP contribution is 2.52. The summed E-state index contributed by atoms with van der Waals surface area (Å²) in [6.45, 7) is 10.3. The average Bonchev–Trinajstić information content (AvgIpc) is 2.65. The number of allylic oxidation sites excluding steroid dienone is 4. The number of ether oxygens (including phenoxy) is 1. The summed E-state index contributed by atoms with van der Waals surface area (Å²) in [5.41, 5.74) is 0.556. The van der Waals surface area contributed by atoms with Crippen molar-refractivity contribution in [3.8, 4) is 0 Å². The number of carboxylic acids is 1. The molecule has 1 saturated heterocycles. The second-order valence-electron chi connectivity index (χ2n) is 10.5. The Morgan fingerprint density at radius 3 is 2.60 bits per heavy atom. The Morgan fingerprint density at radius 2 is 1.97 bits per heavy atom. The van der Waals surface area contributed by atoms with Gasteiger partial charge in [0.25, 0.3) is 0 Å². The zero-order valence-electron chi connectivity index (χ0n) is 19.0. The first kappa shape index (κ1) is 23.1. The van der Waals surface area contributed by atoms with Gasteiger partial charge in [-0.3, -0.25) is 9.59 Å². The van der Waals surface area contributed by atoms with E-state index in [0.717, 1.165) is 19.3 Å². The Balaban J connectivity index is 1.83. The van der Waals surface area contributed by atoms with E-state index >= 15 is 0 Å². The predicted octanol–water partition coefficient (Wildman–Crippen LogP) is 4.60. The van der Waals surface area contributed by atoms with Crippen LogP contribution in [0.2, 0.25) is 0 Å². The quantitative estimate of drug-likeness (QED) is 0.616. The maximum absolute atomic E-state index is 12.0. The van der Waals surface area contributed by atoms with E-state index in [-0.39, 0.29) is 24.4 Å². The number of aliphatic hydroxyl groups excluding tert-OH is 1. The molecule has 0 amide bonds. The molecule has 1 aliphatic heterocycles. The fourth-order valence-electron chi connectivity index (χ4n) is 5.90. The minimum absolute atomic E-state index is 0.0432. The Bertz CT molecular complexity index is 721. The first-order valence-electron chi connectivity index (χ1n) is 11.5. The zero-order valence-corrected chi connectivity index (χ0v) is 19.0. The third-order valence-electron chi connectivity index (χ3n) is 8.09. The van der Waals surface area contributed by atoms with Crippen molar-refractivity contribution in [2.75, 3.05) is 0 Å². The van der Waals surface area contributed by atoms with Crippen molar-refractivity contribution in [3.63, 3.8) is 0 Å². The second kappa shape index (κ2) is 8.86. The number of carboxylic acid groups (broad SMARTS) is 1. The normalized spacial score (nSPS) is 37.7. The highest BCUT2D eigenvalue weighted by atomic mass is 16.5. The summed E-state index contributed by atoms with van der Waals surface area (Å²) < 4.78 is 5.49. The number of hydrogen-bond acceptors (Lipinski definition) is 4. The number of aliphatic hydroxyl groups is 1. The van der Waals surface area contributed by atoms with Gasteiger partial charge in [0.2, 0.25) is 0 Å². The summed E-state index contributed by atoms with van der Waals surface area (Å²) in [5.74, 6) is 0.802. The van der Waals surface area contributed by atoms with Gasteiger partial charge in [0.05, 0.1) is 17.9 Å². The molecule has 1 heterocycles. The molecule has 8 atom stereocenters. The van der Waals surface area contributed by atoms with Gasteiger partial charge in [-0.2, -0.15) is 0 Å². The molecule has 0 aromatic heterocycles. The van der Waals surface area contributed by atoms with Gasteiger partial charge >= 0.3 is 11.9 Å². The lowest BCUT2D eigenvalue weighted by molar-refractivity contribution is -0.160. The maximum atomic E-state index is 12.0. The highest BCUT2D eigenvalue weighted by molar-refractivity contribution is 5.74. The molecule has 2 N–H and O–H groups in total. The van der Waals surface area contributed by atoms with Crippen LogP contribution in [-0.4, -0.2) is 34.4 Å². The average molecular weight is 419 g/mol. The van der Waals surface area contributed by atoms with Gasteiger partial charge in [-0.25, -0.2) is 0 Å². The minimum atomic E-state index is -0.787. The van der Waals surface area contributed by atoms with Gasteiger partial charge in [0.1, 0.15) is 6.10 Å². The Morgan fingerprint density at radius 1 is 1.27 bits per heavy atom. The summed E-state index contributed by atoms with van der Waals surface area (Å²) in [4.78, 5) is 23.7. The molecule has 0 radical (unpaired) electrons. The van der Waals surface area contributed by atoms with Crippen molar-refractivity contribution in [1.82, 2.24) is 0 Å². The van der Waals surface area contributed by atoms with Gasteiger partial charge in [0.15, 0.2) is 0 Å². The highest BCUT2D eigenvalue weighted by Gasteiger charge is 2.47. The van der Waals surface area contributed by atoms with Gasteiger partial charge in [-0.1, -0.05) is 39.0 Å². The molecule has 5 nitrogen and oxygen atoms in total. The summed E-state index contributed by atoms with van der Waals surface area (Å²) in [5, 5.41) is 19.8. The molecular formula is C25H38O5. The summed E-state index contributed by atoms with van der Waals surface area (Å²) in [6.07, 6.45) is 9.32. The standard InChI is InChI=1S/C25H38O5/c1-14-10-17-7-6-15(2)20(9-8-19-12-18(26)13-22(27)30-19)23(17)21(11-14)16(3)25(4,5)24(28)29/h6-7,10,14-16,18-21,23,26H,8-9,11-13H2,1-5H3,(H,28,29)/t14-,15-,16?,18+,19+,20-,21-,23+/m0/s1. The predicted molar refractivity (Wildman–Crippen MR) is 116 cm³/mol. The molecule has 30 heavy (non-hydrogen) atoms. The summed E-state index contributed by atoms with van der Waals surface area (Å²) in [7, 11) is 0. The molecule has 168 valence electrons. The van der Waals surface area contributed by atoms with E-state index < -0.39 is 17.5 Å². The van der Waals surface area contributed by atoms with Crippen LogP contribution < -0.4 is 0 Å². The van der Waals surface area contributed by atoms with Crippen LogP contribution >= 0.6 is 0 Å². The number of aliphatic carboxylic acids is 1. The second-order valence-corrected chi connectivity index (χ2v) is 10.5. The number of carbonyl (C=O) groups is 2. The zero-order chi connectivity index (χ0) is 22.2. The Kier molecular flexibility index (Phi) is 6.81. The molecule has 0 saturated carbocycles. The van der Waals surface area contributed by atoms with Crippen molar-refractivity contribution >= 4 is 11.9 Å². The topological polar surface area (TPSA) is 83.8 Å². The minimum Gasteiger partial charge on any atom is -0.481 e. The largest absolute Gasteiger partial charge is 0.481 e. The Hall–Kier alpha value is -1.62. The van der Waals surface area contributed by atoms with Gasteiger partial charge in [0, 0.05) is 6.42 Å². The van der Waals surface area contributed by atoms with E-state index in [1.54, 1.807) is 0 Å². The van der Waals surface area contributed by atoms with E-state index in [1.165, 1.54) is 5.57 Å². The molecule has 0 aromatic rings. The van der Waals surface area contributed by atoms with Crippen LogP contribution in [0.3, 0.4) is 0 Å². The number of esters is 1. The number of carbonyl (C=O) groups excluding carboxylic acids is 1. The van der Waals surface area contributed by atoms with Gasteiger partial charge in [-0.15, -0.1) is 0 Å². The molecule has 2 aliphatic carbocycles. The van der Waals surface area contributed by atoms with Crippen LogP contribution in [0.1, 0.15) is 66.7 Å². The van der Waals surface area contributed by atoms with Crippen molar-refractivity contribution in [1.29, 1.82) is 0 Å². The Labute approximate surface area is 180 Å². The number of rotatable bonds is 6. The van der Waals surface area contributed by atoms with E-state index in [1.807, 2.05) is 13.8 Å². The molecule has 3 rings (SSSR count). The van der Waals surface area contributed by atoms with E-state index in [9.17, 15) is 19.8 Å². The van der Waals surface area contributed by atoms with Crippen molar-refractivity contribution in [3.05, 3.63) is 23.8 Å². The molecule has 1 fully saturated rings. The molecule has 5 heteroatoms. The number of cyclic esters (lactones) is 1. The lowest BCUT2D eigenvalue weighted by Gasteiger charge is -2.48. The van der Waals surface area contributed by atoms with E-state index in [2.05, 4.69) is 39.0 Å². The van der Waals surface area contributed by atoms with Crippen LogP contribution in [0.4, 0.5) is 0 Å². The van der Waals surface area contributed by atoms with Crippen LogP contribution in [-0.2, 0) is 14.3 Å². The third-order valence-corrected chi connectivity index (χ3v) is 8.09. The number of fused-ring (bicyclic) bond motifs is 1. The summed E-state index contributed by atoms with van der Waals surface area (Å²) >= 11 is 0. The van der Waals surface area contributed by atoms with Crippen LogP contribution in [0.5, 0.6) is 0 Å². The number of hydrogen-bond donors (Lipinski definition) is 2. The summed E-state index contributed by atoms with van der Waals surface area (Å²) in [6, 6.07) is 0. The third kappa shape index (κ3) is 4.66. The molecular weight excluding hydrogens is 380 g/mol. The van der Waals surface area contributed by atoms with Crippen LogP contribution in [0.25, 0.3) is 0 Å². The first-order chi connectivity index (χ1) is 14.0. The van der Waals surface area contributed by atoms with Crippen molar-refractivity contribution in [2.24, 2.45) is 40.9 Å². The van der Waals surface area contributed by atoms with Crippen LogP contribution in [0, 0.1) is 40.9 Å². The molecule has 3 aliphatic rings. The lowest BCUT2D eigenvalue weighted by Crippen LogP contribution is -2.44. The molecule has 0 bridgehead atoms. The van der Waals surface area contributed by atoms with E-state index in [0.29, 0.717) is 36.0 Å². The first-order valence-corrected chi connectivity index (χ1v) is 11.5. The van der Waals surface area contributed by atoms with Gasteiger partial charge < -0.3 is 14.9 Å². The smallest absolute Gasteiger partial charge is 0.309 e. The monoisotopic (exact) mass is 418 g/mol. The molecule has 0 aromatic carbocycles. The lowest BCUT2D eigenvalue weighted by atomic mass is 9.56. The van der Waals surface area contributed by atoms with Gasteiger partial charge in [-0.05, 0) is 74.2 Å². The molecule has 1 unspecified atom stereocenters. The van der Waals surface area contributed by atoms with Crippen molar-refractivity contribution in [2.45, 2.75) is 78.9 Å². The van der Waals surface area contributed by atoms with E-state index in [4.69, 9.17) is 4.74 Å².